The summed E-state index contributed by atoms with van der Waals surface area (Å²) in [6.45, 7) is 4.42. The molecule has 1 aromatic rings. The highest BCUT2D eigenvalue weighted by atomic mass is 79.9. The summed E-state index contributed by atoms with van der Waals surface area (Å²) in [5, 5.41) is 5.75. The molecule has 1 heterocycles. The molecule has 106 valence electrons. The van der Waals surface area contributed by atoms with Crippen LogP contribution in [0.3, 0.4) is 0 Å². The zero-order valence-electron chi connectivity index (χ0n) is 11.8. The van der Waals surface area contributed by atoms with Crippen LogP contribution in [0.15, 0.2) is 21.5 Å². The number of hydrogen-bond acceptors (Lipinski definition) is 2. The van der Waals surface area contributed by atoms with Crippen molar-refractivity contribution in [2.75, 3.05) is 13.1 Å². The third-order valence-corrected chi connectivity index (χ3v) is 5.44. The van der Waals surface area contributed by atoms with Crippen LogP contribution in [-0.4, -0.2) is 13.1 Å². The van der Waals surface area contributed by atoms with Gasteiger partial charge in [0.15, 0.2) is 0 Å². The Labute approximate surface area is 129 Å². The van der Waals surface area contributed by atoms with Gasteiger partial charge in [-0.15, -0.1) is 11.3 Å². The Kier molecular flexibility index (Phi) is 6.62. The molecule has 0 atom stereocenters. The molecule has 1 aliphatic carbocycles. The lowest BCUT2D eigenvalue weighted by Crippen LogP contribution is -2.22. The zero-order chi connectivity index (χ0) is 13.5. The minimum atomic E-state index is 0.805. The quantitative estimate of drug-likeness (QED) is 0.676. The van der Waals surface area contributed by atoms with Crippen molar-refractivity contribution < 1.29 is 0 Å². The van der Waals surface area contributed by atoms with Gasteiger partial charge in [-0.1, -0.05) is 31.8 Å². The second-order valence-corrected chi connectivity index (χ2v) is 7.26. The van der Waals surface area contributed by atoms with Gasteiger partial charge in [-0.3, -0.25) is 0 Å². The van der Waals surface area contributed by atoms with Crippen LogP contribution in [0.1, 0.15) is 50.3 Å². The molecule has 0 saturated heterocycles. The predicted molar refractivity (Wildman–Crippen MR) is 89.7 cm³/mol. The molecule has 0 aromatic carbocycles. The van der Waals surface area contributed by atoms with Crippen molar-refractivity contribution in [3.8, 4) is 0 Å². The maximum Gasteiger partial charge on any atom is 0.0288 e. The monoisotopic (exact) mass is 341 g/mol. The summed E-state index contributed by atoms with van der Waals surface area (Å²) in [5.41, 5.74) is 1.61. The van der Waals surface area contributed by atoms with Crippen molar-refractivity contribution >= 4 is 33.3 Å². The van der Waals surface area contributed by atoms with E-state index < -0.39 is 0 Å². The molecule has 1 fully saturated rings. The Bertz CT molecular complexity index is 405. The number of thiophene rings is 1. The Morgan fingerprint density at radius 1 is 1.42 bits per heavy atom. The number of nitrogens with one attached hydrogen (secondary N) is 1. The van der Waals surface area contributed by atoms with Gasteiger partial charge in [0.05, 0.1) is 0 Å². The number of hydrogen-bond donors (Lipinski definition) is 1. The molecule has 0 spiro atoms. The first-order valence-electron chi connectivity index (χ1n) is 7.45. The van der Waals surface area contributed by atoms with E-state index in [1.54, 1.807) is 5.57 Å². The van der Waals surface area contributed by atoms with Crippen molar-refractivity contribution in [3.63, 3.8) is 0 Å². The van der Waals surface area contributed by atoms with Crippen LogP contribution in [0, 0.1) is 5.92 Å². The van der Waals surface area contributed by atoms with E-state index in [1.165, 1.54) is 47.9 Å². The maximum absolute atomic E-state index is 3.58. The summed E-state index contributed by atoms with van der Waals surface area (Å²) in [6.07, 6.45) is 10.6. The summed E-state index contributed by atoms with van der Waals surface area (Å²) >= 11 is 5.38. The fraction of sp³-hybridized carbons (Fsp3) is 0.625. The Hall–Kier alpha value is -0.120. The smallest absolute Gasteiger partial charge is 0.0288 e. The summed E-state index contributed by atoms with van der Waals surface area (Å²) in [5.74, 6) is 0.805. The summed E-state index contributed by atoms with van der Waals surface area (Å²) in [7, 11) is 0. The summed E-state index contributed by atoms with van der Waals surface area (Å²) < 4.78 is 1.20. The lowest BCUT2D eigenvalue weighted by molar-refractivity contribution is 0.397. The SMILES string of the molecule is CCCNCC(=Cc1cc(Br)cs1)C1CCCCC1. The molecule has 1 nitrogen and oxygen atoms in total. The minimum Gasteiger partial charge on any atom is -0.313 e. The number of halogens is 1. The van der Waals surface area contributed by atoms with Gasteiger partial charge in [0.25, 0.3) is 0 Å². The fourth-order valence-electron chi connectivity index (χ4n) is 2.78. The Morgan fingerprint density at radius 3 is 2.84 bits per heavy atom. The van der Waals surface area contributed by atoms with Crippen molar-refractivity contribution in [2.45, 2.75) is 45.4 Å². The largest absolute Gasteiger partial charge is 0.313 e. The maximum atomic E-state index is 3.58. The Morgan fingerprint density at radius 2 is 2.21 bits per heavy atom. The molecule has 2 rings (SSSR count). The molecule has 3 heteroatoms. The normalized spacial score (nSPS) is 17.9. The van der Waals surface area contributed by atoms with E-state index in [1.807, 2.05) is 11.3 Å². The summed E-state index contributed by atoms with van der Waals surface area (Å²) in [6, 6.07) is 2.23. The zero-order valence-corrected chi connectivity index (χ0v) is 14.2. The van der Waals surface area contributed by atoms with E-state index in [4.69, 9.17) is 0 Å². The Balaban J connectivity index is 2.05. The first-order chi connectivity index (χ1) is 9.29. The topological polar surface area (TPSA) is 12.0 Å². The van der Waals surface area contributed by atoms with Gasteiger partial charge in [-0.25, -0.2) is 0 Å². The van der Waals surface area contributed by atoms with E-state index >= 15 is 0 Å². The highest BCUT2D eigenvalue weighted by Gasteiger charge is 2.17. The number of rotatable bonds is 6. The van der Waals surface area contributed by atoms with Gasteiger partial charge in [0.1, 0.15) is 0 Å². The predicted octanol–water partition coefficient (Wildman–Crippen LogP) is 5.47. The van der Waals surface area contributed by atoms with E-state index in [2.05, 4.69) is 45.7 Å². The molecule has 0 bridgehead atoms. The van der Waals surface area contributed by atoms with Crippen LogP contribution in [0.2, 0.25) is 0 Å². The second kappa shape index (κ2) is 8.23. The molecule has 0 aliphatic heterocycles. The third kappa shape index (κ3) is 5.05. The van der Waals surface area contributed by atoms with Crippen LogP contribution < -0.4 is 5.32 Å². The summed E-state index contributed by atoms with van der Waals surface area (Å²) in [4.78, 5) is 1.38. The molecule has 1 aromatic heterocycles. The van der Waals surface area contributed by atoms with Crippen molar-refractivity contribution in [3.05, 3.63) is 26.4 Å². The van der Waals surface area contributed by atoms with Crippen LogP contribution in [0.5, 0.6) is 0 Å². The molecular weight excluding hydrogens is 318 g/mol. The standard InChI is InChI=1S/C16H24BrNS/c1-2-8-18-11-14(13-6-4-3-5-7-13)9-16-10-15(17)12-19-16/h9-10,12-13,18H,2-8,11H2,1H3. The van der Waals surface area contributed by atoms with Gasteiger partial charge in [0, 0.05) is 21.3 Å². The van der Waals surface area contributed by atoms with Gasteiger partial charge in [0.2, 0.25) is 0 Å². The van der Waals surface area contributed by atoms with Crippen molar-refractivity contribution in [2.24, 2.45) is 5.92 Å². The van der Waals surface area contributed by atoms with Crippen LogP contribution in [-0.2, 0) is 0 Å². The average Bonchev–Trinajstić information content (AvgIpc) is 2.84. The first-order valence-corrected chi connectivity index (χ1v) is 9.12. The van der Waals surface area contributed by atoms with Crippen LogP contribution in [0.25, 0.3) is 6.08 Å². The third-order valence-electron chi connectivity index (χ3n) is 3.80. The molecule has 1 N–H and O–H groups in total. The van der Waals surface area contributed by atoms with Gasteiger partial charge < -0.3 is 5.32 Å². The molecule has 0 unspecified atom stereocenters. The lowest BCUT2D eigenvalue weighted by atomic mass is 9.83. The molecule has 1 saturated carbocycles. The van der Waals surface area contributed by atoms with Gasteiger partial charge >= 0.3 is 0 Å². The van der Waals surface area contributed by atoms with Crippen molar-refractivity contribution in [1.29, 1.82) is 0 Å². The highest BCUT2D eigenvalue weighted by Crippen LogP contribution is 2.32. The van der Waals surface area contributed by atoms with Crippen molar-refractivity contribution in [1.82, 2.24) is 5.32 Å². The molecule has 0 radical (unpaired) electrons. The van der Waals surface area contributed by atoms with Crippen LogP contribution in [0.4, 0.5) is 0 Å². The second-order valence-electron chi connectivity index (χ2n) is 5.40. The average molecular weight is 342 g/mol. The van der Waals surface area contributed by atoms with E-state index in [0.717, 1.165) is 19.0 Å². The molecule has 0 amide bonds. The highest BCUT2D eigenvalue weighted by molar-refractivity contribution is 9.10. The molecule has 1 aliphatic rings. The van der Waals surface area contributed by atoms with Gasteiger partial charge in [-0.05, 0) is 59.8 Å². The van der Waals surface area contributed by atoms with E-state index in [0.29, 0.717) is 0 Å². The lowest BCUT2D eigenvalue weighted by Gasteiger charge is -2.25. The van der Waals surface area contributed by atoms with E-state index in [-0.39, 0.29) is 0 Å². The van der Waals surface area contributed by atoms with Gasteiger partial charge in [-0.2, -0.15) is 0 Å². The minimum absolute atomic E-state index is 0.805. The first kappa shape index (κ1) is 15.3. The molecule has 19 heavy (non-hydrogen) atoms. The fourth-order valence-corrected chi connectivity index (χ4v) is 4.19. The molecular formula is C16H24BrNS. The van der Waals surface area contributed by atoms with E-state index in [9.17, 15) is 0 Å². The van der Waals surface area contributed by atoms with Crippen LogP contribution >= 0.6 is 27.3 Å².